The van der Waals surface area contributed by atoms with Crippen LogP contribution in [0.5, 0.6) is 0 Å². The molecule has 6 nitrogen and oxygen atoms in total. The average Bonchev–Trinajstić information content (AvgIpc) is 2.50. The third-order valence-corrected chi connectivity index (χ3v) is 3.61. The molecule has 22 heavy (non-hydrogen) atoms. The number of likely N-dealkylation sites (tertiary alicyclic amines) is 1. The maximum absolute atomic E-state index is 11.8. The quantitative estimate of drug-likeness (QED) is 0.790. The summed E-state index contributed by atoms with van der Waals surface area (Å²) >= 11 is 0. The van der Waals surface area contributed by atoms with Crippen LogP contribution in [0.3, 0.4) is 0 Å². The summed E-state index contributed by atoms with van der Waals surface area (Å²) in [5, 5.41) is 2.83. The topological polar surface area (TPSA) is 84.7 Å². The molecule has 3 N–H and O–H groups in total. The van der Waals surface area contributed by atoms with Gasteiger partial charge in [-0.1, -0.05) is 24.6 Å². The number of para-hydroxylation sites is 1. The SMILES string of the molecule is NC(=O)COCC(=O)Nc1ccccc1CN1CCCCC1. The Labute approximate surface area is 130 Å². The number of piperidine rings is 1. The first-order chi connectivity index (χ1) is 10.6. The lowest BCUT2D eigenvalue weighted by molar-refractivity contribution is -0.126. The predicted octanol–water partition coefficient (Wildman–Crippen LogP) is 1.11. The molecule has 2 amide bonds. The molecule has 6 heteroatoms. The highest BCUT2D eigenvalue weighted by atomic mass is 16.5. The normalized spacial score (nSPS) is 15.5. The van der Waals surface area contributed by atoms with E-state index in [9.17, 15) is 9.59 Å². The van der Waals surface area contributed by atoms with Crippen LogP contribution in [0.25, 0.3) is 0 Å². The van der Waals surface area contributed by atoms with Crippen LogP contribution >= 0.6 is 0 Å². The fourth-order valence-electron chi connectivity index (χ4n) is 2.57. The highest BCUT2D eigenvalue weighted by Crippen LogP contribution is 2.19. The first-order valence-electron chi connectivity index (χ1n) is 7.61. The summed E-state index contributed by atoms with van der Waals surface area (Å²) in [5.41, 5.74) is 6.84. The van der Waals surface area contributed by atoms with Gasteiger partial charge in [-0.25, -0.2) is 0 Å². The molecule has 0 aromatic heterocycles. The number of benzene rings is 1. The summed E-state index contributed by atoms with van der Waals surface area (Å²) in [4.78, 5) is 24.8. The Kier molecular flexibility index (Phi) is 6.36. The molecule has 1 aromatic rings. The van der Waals surface area contributed by atoms with Crippen LogP contribution in [-0.4, -0.2) is 43.0 Å². The number of primary amides is 1. The molecule has 1 saturated heterocycles. The maximum Gasteiger partial charge on any atom is 0.250 e. The van der Waals surface area contributed by atoms with Crippen molar-refractivity contribution in [2.75, 3.05) is 31.6 Å². The number of amides is 2. The van der Waals surface area contributed by atoms with Crippen molar-refractivity contribution in [3.05, 3.63) is 29.8 Å². The molecule has 1 aliphatic heterocycles. The highest BCUT2D eigenvalue weighted by Gasteiger charge is 2.13. The molecule has 1 fully saturated rings. The van der Waals surface area contributed by atoms with Crippen molar-refractivity contribution in [1.29, 1.82) is 0 Å². The summed E-state index contributed by atoms with van der Waals surface area (Å²) < 4.78 is 4.92. The highest BCUT2D eigenvalue weighted by molar-refractivity contribution is 5.92. The monoisotopic (exact) mass is 305 g/mol. The molecule has 1 heterocycles. The zero-order chi connectivity index (χ0) is 15.8. The van der Waals surface area contributed by atoms with Gasteiger partial charge in [0, 0.05) is 12.2 Å². The van der Waals surface area contributed by atoms with E-state index in [1.807, 2.05) is 24.3 Å². The second-order valence-electron chi connectivity index (χ2n) is 5.50. The number of anilines is 1. The molecule has 2 rings (SSSR count). The van der Waals surface area contributed by atoms with Gasteiger partial charge in [-0.2, -0.15) is 0 Å². The van der Waals surface area contributed by atoms with Crippen LogP contribution in [-0.2, 0) is 20.9 Å². The number of nitrogens with zero attached hydrogens (tertiary/aromatic N) is 1. The van der Waals surface area contributed by atoms with E-state index in [1.165, 1.54) is 19.3 Å². The van der Waals surface area contributed by atoms with Crippen molar-refractivity contribution in [1.82, 2.24) is 4.90 Å². The second kappa shape index (κ2) is 8.51. The Morgan fingerprint density at radius 3 is 2.59 bits per heavy atom. The van der Waals surface area contributed by atoms with Gasteiger partial charge in [0.25, 0.3) is 0 Å². The molecular formula is C16H23N3O3. The molecule has 1 aliphatic rings. The zero-order valence-electron chi connectivity index (χ0n) is 12.7. The van der Waals surface area contributed by atoms with Gasteiger partial charge in [0.1, 0.15) is 13.2 Å². The number of rotatable bonds is 7. The fraction of sp³-hybridized carbons (Fsp3) is 0.500. The number of hydrogen-bond acceptors (Lipinski definition) is 4. The minimum absolute atomic E-state index is 0.180. The predicted molar refractivity (Wildman–Crippen MR) is 84.2 cm³/mol. The van der Waals surface area contributed by atoms with Gasteiger partial charge in [0.05, 0.1) is 0 Å². The average molecular weight is 305 g/mol. The lowest BCUT2D eigenvalue weighted by Crippen LogP contribution is -2.30. The molecule has 0 aliphatic carbocycles. The van der Waals surface area contributed by atoms with E-state index in [0.717, 1.165) is 30.9 Å². The molecule has 0 bridgehead atoms. The Hall–Kier alpha value is -1.92. The van der Waals surface area contributed by atoms with Gasteiger partial charge in [-0.05, 0) is 37.6 Å². The van der Waals surface area contributed by atoms with E-state index >= 15 is 0 Å². The van der Waals surface area contributed by atoms with Crippen LogP contribution in [0.1, 0.15) is 24.8 Å². The van der Waals surface area contributed by atoms with Crippen molar-refractivity contribution in [2.24, 2.45) is 5.73 Å². The number of hydrogen-bond donors (Lipinski definition) is 2. The summed E-state index contributed by atoms with van der Waals surface area (Å²) in [6, 6.07) is 7.76. The van der Waals surface area contributed by atoms with E-state index < -0.39 is 5.91 Å². The van der Waals surface area contributed by atoms with E-state index in [2.05, 4.69) is 10.2 Å². The summed E-state index contributed by atoms with van der Waals surface area (Å²) in [6.07, 6.45) is 3.76. The lowest BCUT2D eigenvalue weighted by atomic mass is 10.1. The van der Waals surface area contributed by atoms with Crippen molar-refractivity contribution in [3.63, 3.8) is 0 Å². The Morgan fingerprint density at radius 2 is 1.86 bits per heavy atom. The minimum atomic E-state index is -0.585. The van der Waals surface area contributed by atoms with Crippen LogP contribution in [0.15, 0.2) is 24.3 Å². The summed E-state index contributed by atoms with van der Waals surface area (Å²) in [5.74, 6) is -0.870. The fourth-order valence-corrected chi connectivity index (χ4v) is 2.57. The minimum Gasteiger partial charge on any atom is -0.368 e. The van der Waals surface area contributed by atoms with Gasteiger partial charge in [0.2, 0.25) is 11.8 Å². The molecule has 120 valence electrons. The molecule has 0 atom stereocenters. The van der Waals surface area contributed by atoms with Gasteiger partial charge in [0.15, 0.2) is 0 Å². The van der Waals surface area contributed by atoms with Crippen molar-refractivity contribution >= 4 is 17.5 Å². The number of carbonyl (C=O) groups is 2. The van der Waals surface area contributed by atoms with Crippen LogP contribution < -0.4 is 11.1 Å². The van der Waals surface area contributed by atoms with Crippen molar-refractivity contribution in [3.8, 4) is 0 Å². The number of ether oxygens (including phenoxy) is 1. The van der Waals surface area contributed by atoms with Crippen LogP contribution in [0.2, 0.25) is 0 Å². The van der Waals surface area contributed by atoms with E-state index in [4.69, 9.17) is 10.5 Å². The van der Waals surface area contributed by atoms with E-state index in [0.29, 0.717) is 0 Å². The van der Waals surface area contributed by atoms with E-state index in [1.54, 1.807) is 0 Å². The lowest BCUT2D eigenvalue weighted by Gasteiger charge is -2.27. The Bertz CT molecular complexity index is 513. The van der Waals surface area contributed by atoms with Crippen molar-refractivity contribution in [2.45, 2.75) is 25.8 Å². The number of nitrogens with one attached hydrogen (secondary N) is 1. The van der Waals surface area contributed by atoms with Gasteiger partial charge in [-0.3, -0.25) is 14.5 Å². The van der Waals surface area contributed by atoms with E-state index in [-0.39, 0.29) is 19.1 Å². The smallest absolute Gasteiger partial charge is 0.250 e. The second-order valence-corrected chi connectivity index (χ2v) is 5.50. The molecule has 0 spiro atoms. The molecular weight excluding hydrogens is 282 g/mol. The third-order valence-electron chi connectivity index (χ3n) is 3.61. The first kappa shape index (κ1) is 16.5. The van der Waals surface area contributed by atoms with Crippen molar-refractivity contribution < 1.29 is 14.3 Å². The molecule has 0 radical (unpaired) electrons. The molecule has 0 unspecified atom stereocenters. The van der Waals surface area contributed by atoms with Gasteiger partial charge in [-0.15, -0.1) is 0 Å². The maximum atomic E-state index is 11.8. The third kappa shape index (κ3) is 5.46. The number of carbonyl (C=O) groups excluding carboxylic acids is 2. The molecule has 0 saturated carbocycles. The first-order valence-corrected chi connectivity index (χ1v) is 7.61. The van der Waals surface area contributed by atoms with Crippen LogP contribution in [0.4, 0.5) is 5.69 Å². The van der Waals surface area contributed by atoms with Crippen LogP contribution in [0, 0.1) is 0 Å². The zero-order valence-corrected chi connectivity index (χ0v) is 12.7. The largest absolute Gasteiger partial charge is 0.368 e. The Morgan fingerprint density at radius 1 is 1.14 bits per heavy atom. The summed E-state index contributed by atoms with van der Waals surface area (Å²) in [6.45, 7) is 2.61. The molecule has 1 aromatic carbocycles. The number of nitrogens with two attached hydrogens (primary N) is 1. The Balaban J connectivity index is 1.89. The van der Waals surface area contributed by atoms with Gasteiger partial charge < -0.3 is 15.8 Å². The standard InChI is InChI=1S/C16H23N3O3/c17-15(20)11-22-12-16(21)18-14-7-3-2-6-13(14)10-19-8-4-1-5-9-19/h2-3,6-7H,1,4-5,8-12H2,(H2,17,20)(H,18,21). The summed E-state index contributed by atoms with van der Waals surface area (Å²) in [7, 11) is 0. The van der Waals surface area contributed by atoms with Gasteiger partial charge >= 0.3 is 0 Å².